The van der Waals surface area contributed by atoms with Gasteiger partial charge in [0.2, 0.25) is 0 Å². The Morgan fingerprint density at radius 3 is 3.07 bits per heavy atom. The topological polar surface area (TPSA) is 12.9 Å². The Morgan fingerprint density at radius 1 is 1.53 bits per heavy atom. The van der Waals surface area contributed by atoms with Crippen LogP contribution < -0.4 is 0 Å². The molecule has 0 bridgehead atoms. The highest BCUT2D eigenvalue weighted by Crippen LogP contribution is 2.30. The first-order valence-corrected chi connectivity index (χ1v) is 5.33. The van der Waals surface area contributed by atoms with Crippen LogP contribution in [-0.2, 0) is 0 Å². The molecule has 0 atom stereocenters. The Kier molecular flexibility index (Phi) is 2.92. The first-order valence-electron chi connectivity index (χ1n) is 4.45. The Morgan fingerprint density at radius 2 is 2.40 bits per heavy atom. The van der Waals surface area contributed by atoms with Gasteiger partial charge in [0.05, 0.1) is 0 Å². The summed E-state index contributed by atoms with van der Waals surface area (Å²) in [6.07, 6.45) is 4.70. The minimum Gasteiger partial charge on any atom is -0.264 e. The molecule has 0 saturated carbocycles. The maximum atomic E-state index is 13.2. The van der Waals surface area contributed by atoms with Crippen molar-refractivity contribution >= 4 is 17.2 Å². The van der Waals surface area contributed by atoms with E-state index in [1.807, 2.05) is 12.1 Å². The summed E-state index contributed by atoms with van der Waals surface area (Å²) in [6, 6.07) is 5.62. The monoisotopic (exact) mass is 218 g/mol. The van der Waals surface area contributed by atoms with Crippen molar-refractivity contribution in [3.05, 3.63) is 54.5 Å². The molecule has 0 aromatic carbocycles. The van der Waals surface area contributed by atoms with Gasteiger partial charge in [-0.15, -0.1) is 11.3 Å². The molecule has 0 N–H and O–H groups in total. The lowest BCUT2D eigenvalue weighted by Crippen LogP contribution is -1.74. The zero-order valence-electron chi connectivity index (χ0n) is 7.98. The van der Waals surface area contributed by atoms with Crippen molar-refractivity contribution in [2.45, 2.75) is 0 Å². The normalized spacial score (nSPS) is 11.7. The fourth-order valence-corrected chi connectivity index (χ4v) is 2.13. The van der Waals surface area contributed by atoms with E-state index < -0.39 is 0 Å². The van der Waals surface area contributed by atoms with E-state index >= 15 is 0 Å². The number of rotatable bonds is 2. The lowest BCUT2D eigenvalue weighted by Gasteiger charge is -1.93. The Labute approximate surface area is 91.9 Å². The maximum absolute atomic E-state index is 13.2. The van der Waals surface area contributed by atoms with Gasteiger partial charge in [0.1, 0.15) is 5.83 Å². The lowest BCUT2D eigenvalue weighted by atomic mass is 10.2. The van der Waals surface area contributed by atoms with Gasteiger partial charge < -0.3 is 0 Å². The van der Waals surface area contributed by atoms with Crippen molar-refractivity contribution in [1.29, 1.82) is 0 Å². The summed E-state index contributed by atoms with van der Waals surface area (Å²) in [5, 5.41) is 1.78. The first kappa shape index (κ1) is 10.1. The highest BCUT2D eigenvalue weighted by molar-refractivity contribution is 7.13. The van der Waals surface area contributed by atoms with E-state index in [-0.39, 0.29) is 5.83 Å². The SMILES string of the molecule is [CH2]/C=C(\F)c1csc(-c2cccnc2)c1. The summed E-state index contributed by atoms with van der Waals surface area (Å²) in [5.74, 6) is -0.290. The first-order chi connectivity index (χ1) is 7.31. The minimum absolute atomic E-state index is 0.290. The molecular weight excluding hydrogens is 209 g/mol. The van der Waals surface area contributed by atoms with E-state index in [9.17, 15) is 4.39 Å². The molecule has 0 spiro atoms. The van der Waals surface area contributed by atoms with Crippen molar-refractivity contribution in [3.8, 4) is 10.4 Å². The molecule has 2 aromatic heterocycles. The number of hydrogen-bond donors (Lipinski definition) is 0. The van der Waals surface area contributed by atoms with E-state index in [4.69, 9.17) is 0 Å². The molecule has 0 amide bonds. The van der Waals surface area contributed by atoms with Crippen molar-refractivity contribution in [2.75, 3.05) is 0 Å². The molecule has 0 unspecified atom stereocenters. The Bertz CT molecular complexity index is 473. The lowest BCUT2D eigenvalue weighted by molar-refractivity contribution is 0.761. The number of thiophene rings is 1. The van der Waals surface area contributed by atoms with E-state index in [1.54, 1.807) is 23.8 Å². The summed E-state index contributed by atoms with van der Waals surface area (Å²) >= 11 is 1.50. The molecule has 1 radical (unpaired) electrons. The van der Waals surface area contributed by atoms with E-state index in [0.29, 0.717) is 5.56 Å². The summed E-state index contributed by atoms with van der Waals surface area (Å²) in [7, 11) is 0. The van der Waals surface area contributed by atoms with Crippen LogP contribution in [0.25, 0.3) is 16.3 Å². The quantitative estimate of drug-likeness (QED) is 0.743. The summed E-state index contributed by atoms with van der Waals surface area (Å²) in [6.45, 7) is 3.40. The molecular formula is C12H9FNS. The molecule has 0 aliphatic rings. The highest BCUT2D eigenvalue weighted by Gasteiger charge is 2.05. The van der Waals surface area contributed by atoms with Crippen LogP contribution in [-0.4, -0.2) is 4.98 Å². The summed E-state index contributed by atoms with van der Waals surface area (Å²) in [5.41, 5.74) is 1.58. The molecule has 3 heteroatoms. The third kappa shape index (κ3) is 2.13. The van der Waals surface area contributed by atoms with Crippen molar-refractivity contribution in [1.82, 2.24) is 4.98 Å². The summed E-state index contributed by atoms with van der Waals surface area (Å²) < 4.78 is 13.2. The van der Waals surface area contributed by atoms with Gasteiger partial charge in [-0.05, 0) is 25.1 Å². The second-order valence-electron chi connectivity index (χ2n) is 2.99. The molecule has 0 saturated heterocycles. The van der Waals surface area contributed by atoms with Crippen LogP contribution in [0.1, 0.15) is 5.56 Å². The second kappa shape index (κ2) is 4.36. The molecule has 2 rings (SSSR count). The number of pyridine rings is 1. The molecule has 2 aromatic rings. The number of allylic oxidation sites excluding steroid dienone is 1. The van der Waals surface area contributed by atoms with E-state index in [0.717, 1.165) is 10.4 Å². The van der Waals surface area contributed by atoms with Gasteiger partial charge in [-0.25, -0.2) is 4.39 Å². The largest absolute Gasteiger partial charge is 0.264 e. The van der Waals surface area contributed by atoms with Crippen molar-refractivity contribution < 1.29 is 4.39 Å². The molecule has 75 valence electrons. The smallest absolute Gasteiger partial charge is 0.127 e. The zero-order chi connectivity index (χ0) is 10.7. The van der Waals surface area contributed by atoms with Crippen LogP contribution in [0.4, 0.5) is 4.39 Å². The third-order valence-electron chi connectivity index (χ3n) is 2.00. The van der Waals surface area contributed by atoms with Gasteiger partial charge in [-0.2, -0.15) is 0 Å². The van der Waals surface area contributed by atoms with Crippen molar-refractivity contribution in [2.24, 2.45) is 0 Å². The van der Waals surface area contributed by atoms with Crippen LogP contribution >= 0.6 is 11.3 Å². The minimum atomic E-state index is -0.290. The fourth-order valence-electron chi connectivity index (χ4n) is 1.24. The van der Waals surface area contributed by atoms with Gasteiger partial charge in [0.25, 0.3) is 0 Å². The molecule has 0 aliphatic carbocycles. The Hall–Kier alpha value is -1.48. The molecule has 0 aliphatic heterocycles. The molecule has 15 heavy (non-hydrogen) atoms. The van der Waals surface area contributed by atoms with Crippen LogP contribution in [0, 0.1) is 6.92 Å². The number of aromatic nitrogens is 1. The number of nitrogens with zero attached hydrogens (tertiary/aromatic N) is 1. The average molecular weight is 218 g/mol. The number of hydrogen-bond acceptors (Lipinski definition) is 2. The Balaban J connectivity index is 2.36. The van der Waals surface area contributed by atoms with E-state index in [1.165, 1.54) is 17.4 Å². The second-order valence-corrected chi connectivity index (χ2v) is 3.90. The standard InChI is InChI=1S/C12H9FNS/c1-2-11(13)10-6-12(15-8-10)9-4-3-5-14-7-9/h2-8H,1H2/b11-2-. The molecule has 1 nitrogen and oxygen atoms in total. The van der Waals surface area contributed by atoms with Crippen LogP contribution in [0.15, 0.2) is 42.0 Å². The fraction of sp³-hybridized carbons (Fsp3) is 0. The van der Waals surface area contributed by atoms with Crippen LogP contribution in [0.2, 0.25) is 0 Å². The predicted octanol–water partition coefficient (Wildman–Crippen LogP) is 3.95. The molecule has 0 fully saturated rings. The average Bonchev–Trinajstić information content (AvgIpc) is 2.78. The van der Waals surface area contributed by atoms with Crippen molar-refractivity contribution in [3.63, 3.8) is 0 Å². The molecule has 2 heterocycles. The number of halogens is 1. The van der Waals surface area contributed by atoms with Crippen LogP contribution in [0.5, 0.6) is 0 Å². The predicted molar refractivity (Wildman–Crippen MR) is 62.0 cm³/mol. The van der Waals surface area contributed by atoms with E-state index in [2.05, 4.69) is 11.9 Å². The highest BCUT2D eigenvalue weighted by atomic mass is 32.1. The third-order valence-corrected chi connectivity index (χ3v) is 2.98. The van der Waals surface area contributed by atoms with Gasteiger partial charge in [-0.3, -0.25) is 4.98 Å². The van der Waals surface area contributed by atoms with Gasteiger partial charge in [0, 0.05) is 33.8 Å². The van der Waals surface area contributed by atoms with Gasteiger partial charge >= 0.3 is 0 Å². The van der Waals surface area contributed by atoms with Crippen LogP contribution in [0.3, 0.4) is 0 Å². The maximum Gasteiger partial charge on any atom is 0.127 e. The van der Waals surface area contributed by atoms with Gasteiger partial charge in [0.15, 0.2) is 0 Å². The summed E-state index contributed by atoms with van der Waals surface area (Å²) in [4.78, 5) is 5.03. The zero-order valence-corrected chi connectivity index (χ0v) is 8.80. The van der Waals surface area contributed by atoms with Gasteiger partial charge in [-0.1, -0.05) is 6.07 Å².